The third kappa shape index (κ3) is 3.34. The molecular weight excluding hydrogens is 321 g/mol. The number of hydrogen-bond donors (Lipinski definition) is 0. The Morgan fingerprint density at radius 3 is 2.71 bits per heavy atom. The topological polar surface area (TPSA) is 30.0 Å². The van der Waals surface area contributed by atoms with Crippen LogP contribution in [0.4, 0.5) is 4.39 Å². The fraction of sp³-hybridized carbons (Fsp3) is 0.350. The molecule has 1 aliphatic rings. The molecule has 2 aromatic rings. The SMILES string of the molecule is C/C=C(\C)c1ccc(-c2cccnc2S(=O)C2CCCC2)cc1F. The van der Waals surface area contributed by atoms with E-state index >= 15 is 0 Å². The molecule has 3 rings (SSSR count). The standard InChI is InChI=1S/C20H22FNOS/c1-3-14(2)17-11-10-15(13-19(17)21)18-9-6-12-22-20(18)24(23)16-7-4-5-8-16/h3,6,9-13,16H,4-5,7-8H2,1-2H3/b14-3+. The lowest BCUT2D eigenvalue weighted by Gasteiger charge is -2.13. The Labute approximate surface area is 145 Å². The molecule has 1 aliphatic carbocycles. The average Bonchev–Trinajstić information content (AvgIpc) is 3.15. The van der Waals surface area contributed by atoms with Gasteiger partial charge in [0.25, 0.3) is 0 Å². The molecule has 0 N–H and O–H groups in total. The summed E-state index contributed by atoms with van der Waals surface area (Å²) in [4.78, 5) is 4.37. The number of pyridine rings is 1. The zero-order chi connectivity index (χ0) is 17.1. The first kappa shape index (κ1) is 17.0. The minimum Gasteiger partial charge on any atom is -0.252 e. The number of rotatable bonds is 4. The van der Waals surface area contributed by atoms with Gasteiger partial charge in [0.05, 0.1) is 10.8 Å². The average molecular weight is 343 g/mol. The third-order valence-corrected chi connectivity index (χ3v) is 6.49. The van der Waals surface area contributed by atoms with Crippen LogP contribution in [0.15, 0.2) is 47.6 Å². The van der Waals surface area contributed by atoms with Crippen molar-refractivity contribution in [2.75, 3.05) is 0 Å². The van der Waals surface area contributed by atoms with E-state index in [9.17, 15) is 8.60 Å². The Morgan fingerprint density at radius 1 is 1.29 bits per heavy atom. The molecule has 2 nitrogen and oxygen atoms in total. The molecule has 24 heavy (non-hydrogen) atoms. The van der Waals surface area contributed by atoms with Gasteiger partial charge in [0.1, 0.15) is 10.8 Å². The van der Waals surface area contributed by atoms with Crippen LogP contribution in [0.5, 0.6) is 0 Å². The zero-order valence-electron chi connectivity index (χ0n) is 14.1. The van der Waals surface area contributed by atoms with E-state index in [1.54, 1.807) is 12.3 Å². The largest absolute Gasteiger partial charge is 0.252 e. The number of hydrogen-bond acceptors (Lipinski definition) is 2. The molecule has 1 fully saturated rings. The summed E-state index contributed by atoms with van der Waals surface area (Å²) in [5.74, 6) is -0.260. The highest BCUT2D eigenvalue weighted by molar-refractivity contribution is 7.85. The number of nitrogens with zero attached hydrogens (tertiary/aromatic N) is 1. The molecule has 1 saturated carbocycles. The summed E-state index contributed by atoms with van der Waals surface area (Å²) < 4.78 is 27.4. The second kappa shape index (κ2) is 7.39. The Hall–Kier alpha value is -1.81. The van der Waals surface area contributed by atoms with Gasteiger partial charge in [0, 0.05) is 22.6 Å². The highest BCUT2D eigenvalue weighted by Crippen LogP contribution is 2.32. The van der Waals surface area contributed by atoms with E-state index in [0.29, 0.717) is 10.6 Å². The van der Waals surface area contributed by atoms with Gasteiger partial charge in [-0.3, -0.25) is 4.21 Å². The first-order chi connectivity index (χ1) is 11.6. The maximum atomic E-state index is 14.5. The molecule has 126 valence electrons. The van der Waals surface area contributed by atoms with Crippen molar-refractivity contribution in [3.63, 3.8) is 0 Å². The van der Waals surface area contributed by atoms with Gasteiger partial charge in [-0.2, -0.15) is 0 Å². The highest BCUT2D eigenvalue weighted by atomic mass is 32.2. The number of halogens is 1. The molecule has 0 saturated heterocycles. The smallest absolute Gasteiger partial charge is 0.135 e. The maximum absolute atomic E-state index is 14.5. The van der Waals surface area contributed by atoms with Crippen molar-refractivity contribution in [2.45, 2.75) is 49.8 Å². The molecule has 1 heterocycles. The number of aromatic nitrogens is 1. The van der Waals surface area contributed by atoms with Crippen LogP contribution in [0.25, 0.3) is 16.7 Å². The molecule has 1 unspecified atom stereocenters. The van der Waals surface area contributed by atoms with Crippen molar-refractivity contribution in [3.8, 4) is 11.1 Å². The molecular formula is C20H22FNOS. The van der Waals surface area contributed by atoms with E-state index in [1.165, 1.54) is 6.07 Å². The first-order valence-corrected chi connectivity index (χ1v) is 9.62. The second-order valence-corrected chi connectivity index (χ2v) is 7.87. The normalized spacial score (nSPS) is 17.2. The van der Waals surface area contributed by atoms with Crippen LogP contribution in [0.2, 0.25) is 0 Å². The predicted octanol–water partition coefficient (Wildman–Crippen LogP) is 5.36. The molecule has 0 radical (unpaired) electrons. The minimum atomic E-state index is -1.14. The van der Waals surface area contributed by atoms with E-state index in [2.05, 4.69) is 4.98 Å². The van der Waals surface area contributed by atoms with E-state index in [-0.39, 0.29) is 11.1 Å². The third-order valence-electron chi connectivity index (χ3n) is 4.70. The Balaban J connectivity index is 2.01. The highest BCUT2D eigenvalue weighted by Gasteiger charge is 2.25. The van der Waals surface area contributed by atoms with Gasteiger partial charge in [0.2, 0.25) is 0 Å². The minimum absolute atomic E-state index is 0.174. The Bertz CT molecular complexity index is 794. The van der Waals surface area contributed by atoms with Crippen LogP contribution in [0.1, 0.15) is 45.1 Å². The van der Waals surface area contributed by atoms with Gasteiger partial charge < -0.3 is 0 Å². The molecule has 0 bridgehead atoms. The Kier molecular flexibility index (Phi) is 5.24. The lowest BCUT2D eigenvalue weighted by atomic mass is 10.0. The van der Waals surface area contributed by atoms with Crippen molar-refractivity contribution in [1.29, 1.82) is 0 Å². The quantitative estimate of drug-likeness (QED) is 0.748. The molecule has 1 aromatic carbocycles. The van der Waals surface area contributed by atoms with Gasteiger partial charge in [-0.05, 0) is 50.0 Å². The van der Waals surface area contributed by atoms with Crippen LogP contribution >= 0.6 is 0 Å². The zero-order valence-corrected chi connectivity index (χ0v) is 14.9. The lowest BCUT2D eigenvalue weighted by Crippen LogP contribution is -2.12. The van der Waals surface area contributed by atoms with E-state index < -0.39 is 10.8 Å². The molecule has 4 heteroatoms. The second-order valence-electron chi connectivity index (χ2n) is 6.23. The lowest BCUT2D eigenvalue weighted by molar-refractivity contribution is 0.624. The molecule has 0 amide bonds. The summed E-state index contributed by atoms with van der Waals surface area (Å²) in [7, 11) is -1.14. The molecule has 0 spiro atoms. The van der Waals surface area contributed by atoms with Gasteiger partial charge in [0.15, 0.2) is 0 Å². The van der Waals surface area contributed by atoms with Crippen LogP contribution < -0.4 is 0 Å². The van der Waals surface area contributed by atoms with E-state index in [0.717, 1.165) is 42.4 Å². The van der Waals surface area contributed by atoms with Crippen LogP contribution in [0.3, 0.4) is 0 Å². The summed E-state index contributed by atoms with van der Waals surface area (Å²) >= 11 is 0. The fourth-order valence-corrected chi connectivity index (χ4v) is 4.83. The van der Waals surface area contributed by atoms with Crippen molar-refractivity contribution in [3.05, 3.63) is 54.0 Å². The number of benzene rings is 1. The molecule has 1 aromatic heterocycles. The van der Waals surface area contributed by atoms with E-state index in [4.69, 9.17) is 0 Å². The Morgan fingerprint density at radius 2 is 2.04 bits per heavy atom. The van der Waals surface area contributed by atoms with Gasteiger partial charge in [-0.25, -0.2) is 9.37 Å². The monoisotopic (exact) mass is 343 g/mol. The van der Waals surface area contributed by atoms with Crippen molar-refractivity contribution >= 4 is 16.4 Å². The maximum Gasteiger partial charge on any atom is 0.135 e. The molecule has 1 atom stereocenters. The van der Waals surface area contributed by atoms with Crippen molar-refractivity contribution in [1.82, 2.24) is 4.98 Å². The first-order valence-electron chi connectivity index (χ1n) is 8.40. The van der Waals surface area contributed by atoms with Crippen molar-refractivity contribution in [2.24, 2.45) is 0 Å². The van der Waals surface area contributed by atoms with Gasteiger partial charge in [-0.15, -0.1) is 0 Å². The summed E-state index contributed by atoms with van der Waals surface area (Å²) in [5.41, 5.74) is 3.00. The van der Waals surface area contributed by atoms with Crippen LogP contribution in [-0.4, -0.2) is 14.4 Å². The number of allylic oxidation sites excluding steroid dienone is 2. The van der Waals surface area contributed by atoms with Crippen LogP contribution in [-0.2, 0) is 10.8 Å². The van der Waals surface area contributed by atoms with Gasteiger partial charge in [-0.1, -0.05) is 37.1 Å². The van der Waals surface area contributed by atoms with Crippen LogP contribution in [0, 0.1) is 5.82 Å². The summed E-state index contributed by atoms with van der Waals surface area (Å²) in [6.45, 7) is 3.79. The van der Waals surface area contributed by atoms with E-state index in [1.807, 2.05) is 38.1 Å². The fourth-order valence-electron chi connectivity index (χ4n) is 3.19. The summed E-state index contributed by atoms with van der Waals surface area (Å²) in [6.07, 6.45) is 7.78. The van der Waals surface area contributed by atoms with Gasteiger partial charge >= 0.3 is 0 Å². The molecule has 0 aliphatic heterocycles. The van der Waals surface area contributed by atoms with Crippen molar-refractivity contribution < 1.29 is 8.60 Å². The predicted molar refractivity (Wildman–Crippen MR) is 97.6 cm³/mol. The summed E-state index contributed by atoms with van der Waals surface area (Å²) in [6, 6.07) is 8.89. The summed E-state index contributed by atoms with van der Waals surface area (Å²) in [5, 5.41) is 0.757.